The molecule has 0 bridgehead atoms. The average molecular weight is 187 g/mol. The van der Waals surface area contributed by atoms with Crippen molar-refractivity contribution in [1.82, 2.24) is 0 Å². The Morgan fingerprint density at radius 2 is 2.07 bits per heavy atom. The lowest BCUT2D eigenvalue weighted by atomic mass is 9.95. The molecule has 0 heterocycles. The summed E-state index contributed by atoms with van der Waals surface area (Å²) >= 11 is 0. The van der Waals surface area contributed by atoms with Crippen molar-refractivity contribution >= 4 is 5.78 Å². The zero-order valence-corrected chi connectivity index (χ0v) is 8.87. The fourth-order valence-electron chi connectivity index (χ4n) is 0.962. The van der Waals surface area contributed by atoms with Crippen LogP contribution in [0, 0.1) is 11.5 Å². The van der Waals surface area contributed by atoms with Crippen molar-refractivity contribution < 1.29 is 4.79 Å². The first-order valence-corrected chi connectivity index (χ1v) is 4.69. The Labute approximate surface area is 85.5 Å². The molecule has 0 aliphatic rings. The predicted octanol–water partition coefficient (Wildman–Crippen LogP) is 3.27. The molecular weight excluding hydrogens is 172 g/mol. The van der Waals surface area contributed by atoms with E-state index < -0.39 is 0 Å². The van der Waals surface area contributed by atoms with E-state index in [0.29, 0.717) is 5.56 Å². The molecule has 14 heavy (non-hydrogen) atoms. The molecule has 1 aromatic rings. The Hall–Kier alpha value is -1.37. The fraction of sp³-hybridized carbons (Fsp3) is 0.308. The van der Waals surface area contributed by atoms with Gasteiger partial charge in [0, 0.05) is 5.56 Å². The van der Waals surface area contributed by atoms with Gasteiger partial charge in [-0.05, 0) is 17.6 Å². The molecule has 0 saturated carbocycles. The largest absolute Gasteiger partial charge is 0.289 e. The maximum Gasteiger partial charge on any atom is 0.186 e. The molecule has 0 aliphatic heterocycles. The van der Waals surface area contributed by atoms with Gasteiger partial charge in [0.15, 0.2) is 5.78 Å². The van der Waals surface area contributed by atoms with Gasteiger partial charge in [-0.25, -0.2) is 0 Å². The second kappa shape index (κ2) is 4.23. The molecule has 0 fully saturated rings. The minimum absolute atomic E-state index is 0.0144. The standard InChI is InChI=1S/C13H15O/c1-13(2,3)10-9-12(14)11-7-5-4-6-8-11/h4-7,9-10H,1-3H3. The van der Waals surface area contributed by atoms with Crippen LogP contribution >= 0.6 is 0 Å². The van der Waals surface area contributed by atoms with Gasteiger partial charge in [-0.3, -0.25) is 4.79 Å². The summed E-state index contributed by atoms with van der Waals surface area (Å²) in [4.78, 5) is 11.6. The van der Waals surface area contributed by atoms with Crippen molar-refractivity contribution in [3.8, 4) is 0 Å². The van der Waals surface area contributed by atoms with Gasteiger partial charge in [-0.2, -0.15) is 0 Å². The topological polar surface area (TPSA) is 17.1 Å². The minimum Gasteiger partial charge on any atom is -0.289 e. The van der Waals surface area contributed by atoms with Crippen LogP contribution in [0.25, 0.3) is 0 Å². The number of rotatable bonds is 2. The monoisotopic (exact) mass is 187 g/mol. The lowest BCUT2D eigenvalue weighted by molar-refractivity contribution is 0.104. The molecule has 1 heteroatoms. The number of carbonyl (C=O) groups is 1. The Balaban J connectivity index is 2.74. The zero-order chi connectivity index (χ0) is 10.6. The van der Waals surface area contributed by atoms with Crippen molar-refractivity contribution in [2.45, 2.75) is 20.8 Å². The van der Waals surface area contributed by atoms with E-state index >= 15 is 0 Å². The molecule has 1 nitrogen and oxygen atoms in total. The van der Waals surface area contributed by atoms with Crippen molar-refractivity contribution in [1.29, 1.82) is 0 Å². The van der Waals surface area contributed by atoms with E-state index in [1.165, 1.54) is 0 Å². The number of ketones is 1. The second-order valence-corrected chi connectivity index (χ2v) is 4.34. The van der Waals surface area contributed by atoms with Gasteiger partial charge in [0.1, 0.15) is 0 Å². The first kappa shape index (κ1) is 10.7. The third kappa shape index (κ3) is 3.56. The van der Waals surface area contributed by atoms with Gasteiger partial charge in [-0.15, -0.1) is 0 Å². The van der Waals surface area contributed by atoms with E-state index in [1.54, 1.807) is 18.2 Å². The molecule has 73 valence electrons. The quantitative estimate of drug-likeness (QED) is 0.513. The molecule has 1 aromatic carbocycles. The lowest BCUT2D eigenvalue weighted by Crippen LogP contribution is -2.01. The van der Waals surface area contributed by atoms with E-state index in [9.17, 15) is 4.79 Å². The Morgan fingerprint density at radius 1 is 1.36 bits per heavy atom. The summed E-state index contributed by atoms with van der Waals surface area (Å²) in [6.45, 7) is 6.18. The van der Waals surface area contributed by atoms with Gasteiger partial charge in [0.05, 0.1) is 0 Å². The molecule has 0 unspecified atom stereocenters. The Bertz CT molecular complexity index is 328. The predicted molar refractivity (Wildman–Crippen MR) is 58.2 cm³/mol. The second-order valence-electron chi connectivity index (χ2n) is 4.34. The highest BCUT2D eigenvalue weighted by Crippen LogP contribution is 2.15. The van der Waals surface area contributed by atoms with E-state index in [0.717, 1.165) is 0 Å². The Kier molecular flexibility index (Phi) is 3.23. The Morgan fingerprint density at radius 3 is 2.57 bits per heavy atom. The normalized spacial score (nSPS) is 11.9. The fourth-order valence-corrected chi connectivity index (χ4v) is 0.962. The number of carbonyl (C=O) groups excluding carboxylic acids is 1. The van der Waals surface area contributed by atoms with Crippen LogP contribution < -0.4 is 0 Å². The number of hydrogen-bond acceptors (Lipinski definition) is 1. The number of allylic oxidation sites excluding steroid dienone is 2. The smallest absolute Gasteiger partial charge is 0.186 e. The molecule has 0 saturated heterocycles. The van der Waals surface area contributed by atoms with Crippen LogP contribution in [0.5, 0.6) is 0 Å². The molecule has 0 atom stereocenters. The maximum atomic E-state index is 11.6. The van der Waals surface area contributed by atoms with Crippen LogP contribution in [0.3, 0.4) is 0 Å². The molecule has 0 amide bonds. The van der Waals surface area contributed by atoms with Crippen molar-refractivity contribution in [3.63, 3.8) is 0 Å². The maximum absolute atomic E-state index is 11.6. The summed E-state index contributed by atoms with van der Waals surface area (Å²) in [5, 5.41) is 0. The minimum atomic E-state index is 0.0144. The third-order valence-corrected chi connectivity index (χ3v) is 1.71. The molecule has 0 aliphatic carbocycles. The highest BCUT2D eigenvalue weighted by molar-refractivity contribution is 6.04. The molecule has 0 spiro atoms. The van der Waals surface area contributed by atoms with Gasteiger partial charge >= 0.3 is 0 Å². The van der Waals surface area contributed by atoms with Gasteiger partial charge in [-0.1, -0.05) is 51.1 Å². The zero-order valence-electron chi connectivity index (χ0n) is 8.87. The summed E-state index contributed by atoms with van der Waals surface area (Å²) in [6, 6.07) is 10.1. The summed E-state index contributed by atoms with van der Waals surface area (Å²) < 4.78 is 0. The lowest BCUT2D eigenvalue weighted by Gasteiger charge is -2.10. The number of benzene rings is 1. The summed E-state index contributed by atoms with van der Waals surface area (Å²) in [5.74, 6) is 0.0144. The third-order valence-electron chi connectivity index (χ3n) is 1.71. The summed E-state index contributed by atoms with van der Waals surface area (Å²) in [6.07, 6.45) is 3.53. The van der Waals surface area contributed by atoms with Crippen LogP contribution in [0.2, 0.25) is 0 Å². The van der Waals surface area contributed by atoms with Gasteiger partial charge in [0.2, 0.25) is 0 Å². The van der Waals surface area contributed by atoms with E-state index in [4.69, 9.17) is 0 Å². The average Bonchev–Trinajstić information content (AvgIpc) is 2.14. The summed E-state index contributed by atoms with van der Waals surface area (Å²) in [7, 11) is 0. The van der Waals surface area contributed by atoms with E-state index in [2.05, 4.69) is 26.8 Å². The molecule has 0 N–H and O–H groups in total. The van der Waals surface area contributed by atoms with Crippen LogP contribution in [-0.4, -0.2) is 5.78 Å². The van der Waals surface area contributed by atoms with Crippen LogP contribution in [0.4, 0.5) is 0 Å². The van der Waals surface area contributed by atoms with Crippen molar-refractivity contribution in [3.05, 3.63) is 48.0 Å². The summed E-state index contributed by atoms with van der Waals surface area (Å²) in [5.41, 5.74) is 0.665. The van der Waals surface area contributed by atoms with Crippen LogP contribution in [-0.2, 0) is 0 Å². The number of hydrogen-bond donors (Lipinski definition) is 0. The van der Waals surface area contributed by atoms with E-state index in [1.807, 2.05) is 18.2 Å². The first-order valence-electron chi connectivity index (χ1n) is 4.69. The highest BCUT2D eigenvalue weighted by atomic mass is 16.1. The van der Waals surface area contributed by atoms with E-state index in [-0.39, 0.29) is 11.2 Å². The van der Waals surface area contributed by atoms with Crippen LogP contribution in [0.1, 0.15) is 31.1 Å². The van der Waals surface area contributed by atoms with Crippen molar-refractivity contribution in [2.75, 3.05) is 0 Å². The molecule has 0 aromatic heterocycles. The highest BCUT2D eigenvalue weighted by Gasteiger charge is 2.06. The molecule has 1 radical (unpaired) electrons. The van der Waals surface area contributed by atoms with Gasteiger partial charge < -0.3 is 0 Å². The van der Waals surface area contributed by atoms with Crippen LogP contribution in [0.15, 0.2) is 36.4 Å². The molecular formula is C13H15O. The van der Waals surface area contributed by atoms with Gasteiger partial charge in [0.25, 0.3) is 0 Å². The first-order chi connectivity index (χ1) is 6.49. The van der Waals surface area contributed by atoms with Crippen molar-refractivity contribution in [2.24, 2.45) is 5.41 Å². The molecule has 1 rings (SSSR count). The SMILES string of the molecule is CC(C)(C)C=CC(=O)c1[c]cccc1.